The van der Waals surface area contributed by atoms with Crippen molar-refractivity contribution in [1.29, 1.82) is 0 Å². The van der Waals surface area contributed by atoms with Gasteiger partial charge in [0.2, 0.25) is 0 Å². The van der Waals surface area contributed by atoms with Crippen molar-refractivity contribution < 1.29 is 4.79 Å². The third-order valence-corrected chi connectivity index (χ3v) is 4.28. The van der Waals surface area contributed by atoms with E-state index in [2.05, 4.69) is 29.5 Å². The van der Waals surface area contributed by atoms with Crippen molar-refractivity contribution in [2.75, 3.05) is 18.1 Å². The maximum atomic E-state index is 12.1. The number of nitrogens with one attached hydrogen (secondary N) is 2. The average Bonchev–Trinajstić information content (AvgIpc) is 2.72. The zero-order valence-corrected chi connectivity index (χ0v) is 12.2. The second-order valence-electron chi connectivity index (χ2n) is 4.32. The summed E-state index contributed by atoms with van der Waals surface area (Å²) >= 11 is 1.28. The minimum atomic E-state index is -0.133. The van der Waals surface area contributed by atoms with E-state index in [1.54, 1.807) is 7.05 Å². The van der Waals surface area contributed by atoms with Crippen LogP contribution >= 0.6 is 11.3 Å². The summed E-state index contributed by atoms with van der Waals surface area (Å²) in [5, 5.41) is 6.55. The van der Waals surface area contributed by atoms with E-state index in [1.807, 2.05) is 6.92 Å². The number of rotatable bonds is 6. The molecule has 4 N–H and O–H groups in total. The molecule has 0 saturated heterocycles. The van der Waals surface area contributed by atoms with Crippen LogP contribution in [0.25, 0.3) is 0 Å². The Morgan fingerprint density at radius 2 is 2.06 bits per heavy atom. The van der Waals surface area contributed by atoms with Gasteiger partial charge in [-0.1, -0.05) is 38.0 Å². The average molecular weight is 270 g/mol. The molecule has 102 valence electrons. The number of carbonyl (C=O) groups is 1. The van der Waals surface area contributed by atoms with Gasteiger partial charge in [-0.15, -0.1) is 0 Å². The number of hydrogen-bond donors (Lipinski definition) is 3. The summed E-state index contributed by atoms with van der Waals surface area (Å²) in [6.45, 7) is 6.31. The Labute approximate surface area is 112 Å². The highest BCUT2D eigenvalue weighted by Crippen LogP contribution is 2.24. The predicted molar refractivity (Wildman–Crippen MR) is 77.1 cm³/mol. The van der Waals surface area contributed by atoms with Gasteiger partial charge in [-0.25, -0.2) is 4.98 Å². The molecule has 1 aromatic heterocycles. The molecule has 18 heavy (non-hydrogen) atoms. The fraction of sp³-hybridized carbons (Fsp3) is 0.667. The van der Waals surface area contributed by atoms with Gasteiger partial charge >= 0.3 is 0 Å². The first kappa shape index (κ1) is 14.8. The van der Waals surface area contributed by atoms with Crippen LogP contribution in [0.5, 0.6) is 0 Å². The molecule has 5 nitrogen and oxygen atoms in total. The molecule has 1 rings (SSSR count). The zero-order chi connectivity index (χ0) is 13.7. The Bertz CT molecular complexity index is 401. The first-order valence-electron chi connectivity index (χ1n) is 6.28. The number of hydrogen-bond acceptors (Lipinski definition) is 5. The molecular weight excluding hydrogens is 248 g/mol. The van der Waals surface area contributed by atoms with Crippen LogP contribution in [0.1, 0.15) is 43.3 Å². The Morgan fingerprint density at radius 1 is 1.44 bits per heavy atom. The first-order valence-corrected chi connectivity index (χ1v) is 7.09. The smallest absolute Gasteiger partial charge is 0.265 e. The number of amides is 1. The second kappa shape index (κ2) is 6.58. The Kier molecular flexibility index (Phi) is 5.40. The minimum Gasteiger partial charge on any atom is -0.382 e. The van der Waals surface area contributed by atoms with Crippen molar-refractivity contribution in [2.24, 2.45) is 5.92 Å². The summed E-state index contributed by atoms with van der Waals surface area (Å²) in [7, 11) is 1.76. The lowest BCUT2D eigenvalue weighted by Gasteiger charge is -2.22. The summed E-state index contributed by atoms with van der Waals surface area (Å²) in [4.78, 5) is 16.6. The van der Waals surface area contributed by atoms with Crippen LogP contribution in [0.15, 0.2) is 0 Å². The lowest BCUT2D eigenvalue weighted by atomic mass is 9.95. The van der Waals surface area contributed by atoms with Crippen LogP contribution < -0.4 is 16.4 Å². The van der Waals surface area contributed by atoms with Crippen molar-refractivity contribution in [3.8, 4) is 0 Å². The van der Waals surface area contributed by atoms with E-state index in [0.717, 1.165) is 12.8 Å². The number of thiazole rings is 1. The van der Waals surface area contributed by atoms with E-state index in [-0.39, 0.29) is 11.9 Å². The number of carbonyl (C=O) groups excluding carboxylic acids is 1. The lowest BCUT2D eigenvalue weighted by molar-refractivity contribution is 0.0930. The van der Waals surface area contributed by atoms with Gasteiger partial charge < -0.3 is 16.4 Å². The van der Waals surface area contributed by atoms with Crippen LogP contribution in [-0.2, 0) is 0 Å². The number of nitrogens with zero attached hydrogens (tertiary/aromatic N) is 1. The third-order valence-electron chi connectivity index (χ3n) is 3.19. The fourth-order valence-electron chi connectivity index (χ4n) is 1.99. The van der Waals surface area contributed by atoms with Crippen LogP contribution in [0, 0.1) is 5.92 Å². The van der Waals surface area contributed by atoms with Crippen LogP contribution in [0.2, 0.25) is 0 Å². The third kappa shape index (κ3) is 3.35. The van der Waals surface area contributed by atoms with Crippen molar-refractivity contribution in [3.63, 3.8) is 0 Å². The topological polar surface area (TPSA) is 80.0 Å². The molecule has 6 heteroatoms. The van der Waals surface area contributed by atoms with E-state index < -0.39 is 0 Å². The summed E-state index contributed by atoms with van der Waals surface area (Å²) < 4.78 is 0. The zero-order valence-electron chi connectivity index (χ0n) is 11.4. The van der Waals surface area contributed by atoms with E-state index in [9.17, 15) is 4.79 Å². The quantitative estimate of drug-likeness (QED) is 0.741. The Morgan fingerprint density at radius 3 is 2.50 bits per heavy atom. The fourth-order valence-corrected chi connectivity index (χ4v) is 2.73. The van der Waals surface area contributed by atoms with Crippen LogP contribution in [0.4, 0.5) is 10.9 Å². The SMILES string of the molecule is CCC(CC)C(C)NC(=O)c1sc(NC)nc1N. The molecular formula is C12H22N4OS. The minimum absolute atomic E-state index is 0.133. The van der Waals surface area contributed by atoms with Gasteiger partial charge in [0.05, 0.1) is 0 Å². The molecule has 0 aliphatic heterocycles. The number of nitrogen functional groups attached to an aromatic ring is 1. The van der Waals surface area contributed by atoms with Gasteiger partial charge in [-0.05, 0) is 12.8 Å². The summed E-state index contributed by atoms with van der Waals surface area (Å²) in [5.74, 6) is 0.649. The van der Waals surface area contributed by atoms with Gasteiger partial charge in [0.1, 0.15) is 10.7 Å². The molecule has 1 aromatic rings. The van der Waals surface area contributed by atoms with E-state index in [1.165, 1.54) is 11.3 Å². The van der Waals surface area contributed by atoms with Gasteiger partial charge in [-0.3, -0.25) is 4.79 Å². The standard InChI is InChI=1S/C12H22N4OS/c1-5-8(6-2)7(3)15-11(17)9-10(13)16-12(14-4)18-9/h7-8H,5-6,13H2,1-4H3,(H,14,16)(H,15,17). The highest BCUT2D eigenvalue weighted by molar-refractivity contribution is 7.18. The van der Waals surface area contributed by atoms with Crippen LogP contribution in [-0.4, -0.2) is 24.0 Å². The van der Waals surface area contributed by atoms with Crippen molar-refractivity contribution in [2.45, 2.75) is 39.7 Å². The molecule has 1 unspecified atom stereocenters. The second-order valence-corrected chi connectivity index (χ2v) is 5.32. The maximum absolute atomic E-state index is 12.1. The van der Waals surface area contributed by atoms with E-state index in [0.29, 0.717) is 21.7 Å². The Hall–Kier alpha value is -1.30. The molecule has 1 amide bonds. The van der Waals surface area contributed by atoms with Gasteiger partial charge in [0.25, 0.3) is 5.91 Å². The molecule has 0 bridgehead atoms. The number of nitrogens with two attached hydrogens (primary N) is 1. The van der Waals surface area contributed by atoms with E-state index >= 15 is 0 Å². The molecule has 0 aliphatic carbocycles. The largest absolute Gasteiger partial charge is 0.382 e. The van der Waals surface area contributed by atoms with Crippen LogP contribution in [0.3, 0.4) is 0 Å². The monoisotopic (exact) mass is 270 g/mol. The summed E-state index contributed by atoms with van der Waals surface area (Å²) in [5.41, 5.74) is 5.73. The normalized spacial score (nSPS) is 12.5. The van der Waals surface area contributed by atoms with Gasteiger partial charge in [0.15, 0.2) is 5.13 Å². The summed E-state index contributed by atoms with van der Waals surface area (Å²) in [6.07, 6.45) is 2.11. The molecule has 0 spiro atoms. The van der Waals surface area contributed by atoms with Crippen molar-refractivity contribution in [3.05, 3.63) is 4.88 Å². The maximum Gasteiger partial charge on any atom is 0.265 e. The number of anilines is 2. The first-order chi connectivity index (χ1) is 8.53. The lowest BCUT2D eigenvalue weighted by Crippen LogP contribution is -2.37. The van der Waals surface area contributed by atoms with Gasteiger partial charge in [0, 0.05) is 13.1 Å². The molecule has 1 atom stereocenters. The predicted octanol–water partition coefficient (Wildman–Crippen LogP) is 2.32. The van der Waals surface area contributed by atoms with Crippen molar-refractivity contribution in [1.82, 2.24) is 10.3 Å². The number of aromatic nitrogens is 1. The van der Waals surface area contributed by atoms with Gasteiger partial charge in [-0.2, -0.15) is 0 Å². The molecule has 0 fully saturated rings. The van der Waals surface area contributed by atoms with E-state index in [4.69, 9.17) is 5.73 Å². The molecule has 0 aromatic carbocycles. The Balaban J connectivity index is 2.72. The molecule has 0 saturated carbocycles. The molecule has 0 radical (unpaired) electrons. The molecule has 0 aliphatic rings. The highest BCUT2D eigenvalue weighted by Gasteiger charge is 2.20. The molecule has 1 heterocycles. The summed E-state index contributed by atoms with van der Waals surface area (Å²) in [6, 6.07) is 0.145. The highest BCUT2D eigenvalue weighted by atomic mass is 32.1. The van der Waals surface area contributed by atoms with Crippen molar-refractivity contribution >= 4 is 28.2 Å².